The lowest BCUT2D eigenvalue weighted by atomic mass is 9.56. The molecule has 0 saturated heterocycles. The summed E-state index contributed by atoms with van der Waals surface area (Å²) in [5.74, 6) is 2.42. The van der Waals surface area contributed by atoms with E-state index >= 15 is 0 Å². The van der Waals surface area contributed by atoms with E-state index in [4.69, 9.17) is 4.65 Å². The third kappa shape index (κ3) is 6.72. The van der Waals surface area contributed by atoms with Crippen LogP contribution in [0.2, 0.25) is 12.6 Å². The number of rotatable bonds is 6. The molecule has 0 unspecified atom stereocenters. The number of aryl methyl sites for hydroxylation is 1. The summed E-state index contributed by atoms with van der Waals surface area (Å²) in [4.78, 5) is 0. The van der Waals surface area contributed by atoms with Gasteiger partial charge in [-0.2, -0.15) is 0 Å². The van der Waals surface area contributed by atoms with Crippen LogP contribution >= 0.6 is 0 Å². The van der Waals surface area contributed by atoms with Crippen molar-refractivity contribution in [3.63, 3.8) is 0 Å². The van der Waals surface area contributed by atoms with E-state index in [0.717, 1.165) is 18.4 Å². The van der Waals surface area contributed by atoms with Crippen molar-refractivity contribution in [1.82, 2.24) is 0 Å². The van der Waals surface area contributed by atoms with Gasteiger partial charge in [-0.05, 0) is 41.5 Å². The highest BCUT2D eigenvalue weighted by Crippen LogP contribution is 2.41. The second kappa shape index (κ2) is 8.19. The lowest BCUT2D eigenvalue weighted by Crippen LogP contribution is -2.29. The Hall–Kier alpha value is -0.915. The Balaban J connectivity index is 3.47. The third-order valence-corrected chi connectivity index (χ3v) is 4.60. The standard InChI is InChI=1S/C23H41BO/c1-16(2)14-24(15-17(3)4)25-21-19(22(6,7)8)12-18(5)13-20(21)23(9,10)11/h12-13,16-17H,14-15H2,1-11H3. The summed E-state index contributed by atoms with van der Waals surface area (Å²) in [7, 11) is 0. The molecule has 1 rings (SSSR count). The molecular weight excluding hydrogens is 303 g/mol. The maximum absolute atomic E-state index is 6.81. The minimum Gasteiger partial charge on any atom is -0.560 e. The number of hydrogen-bond acceptors (Lipinski definition) is 1. The van der Waals surface area contributed by atoms with Gasteiger partial charge in [0.25, 0.3) is 0 Å². The zero-order valence-corrected chi connectivity index (χ0v) is 18.7. The molecule has 1 nitrogen and oxygen atoms in total. The van der Waals surface area contributed by atoms with Crippen molar-refractivity contribution in [2.45, 2.75) is 99.6 Å². The molecule has 2 heteroatoms. The quantitative estimate of drug-likeness (QED) is 0.493. The fourth-order valence-electron chi connectivity index (χ4n) is 3.43. The second-order valence-electron chi connectivity index (χ2n) is 10.7. The normalized spacial score (nSPS) is 12.8. The maximum Gasteiger partial charge on any atom is 0.358 e. The van der Waals surface area contributed by atoms with Gasteiger partial charge in [0, 0.05) is 0 Å². The van der Waals surface area contributed by atoms with Crippen LogP contribution in [0, 0.1) is 18.8 Å². The number of benzene rings is 1. The first-order chi connectivity index (χ1) is 11.2. The van der Waals surface area contributed by atoms with Crippen molar-refractivity contribution < 1.29 is 4.65 Å². The van der Waals surface area contributed by atoms with Crippen LogP contribution in [-0.2, 0) is 10.8 Å². The molecule has 0 bridgehead atoms. The Morgan fingerprint density at radius 2 is 1.16 bits per heavy atom. The van der Waals surface area contributed by atoms with Crippen molar-refractivity contribution >= 4 is 6.92 Å². The Morgan fingerprint density at radius 3 is 1.44 bits per heavy atom. The topological polar surface area (TPSA) is 9.23 Å². The summed E-state index contributed by atoms with van der Waals surface area (Å²) in [6.07, 6.45) is 2.22. The molecule has 0 aliphatic rings. The van der Waals surface area contributed by atoms with Gasteiger partial charge in [0.2, 0.25) is 0 Å². The molecule has 0 fully saturated rings. The van der Waals surface area contributed by atoms with Gasteiger partial charge in [-0.15, -0.1) is 0 Å². The van der Waals surface area contributed by atoms with Gasteiger partial charge in [0.15, 0.2) is 0 Å². The van der Waals surface area contributed by atoms with Gasteiger partial charge in [-0.1, -0.05) is 98.8 Å². The first-order valence-electron chi connectivity index (χ1n) is 10.0. The molecule has 25 heavy (non-hydrogen) atoms. The monoisotopic (exact) mass is 344 g/mol. The third-order valence-electron chi connectivity index (χ3n) is 4.60. The molecule has 0 aliphatic heterocycles. The summed E-state index contributed by atoms with van der Waals surface area (Å²) < 4.78 is 6.81. The number of hydrogen-bond donors (Lipinski definition) is 0. The van der Waals surface area contributed by atoms with Gasteiger partial charge < -0.3 is 4.65 Å². The van der Waals surface area contributed by atoms with E-state index in [1.807, 2.05) is 0 Å². The molecule has 0 saturated carbocycles. The van der Waals surface area contributed by atoms with Crippen molar-refractivity contribution in [3.05, 3.63) is 28.8 Å². The minimum atomic E-state index is 0.0710. The summed E-state index contributed by atoms with van der Waals surface area (Å²) in [5, 5.41) is 0. The van der Waals surface area contributed by atoms with Gasteiger partial charge in [-0.25, -0.2) is 0 Å². The summed E-state index contributed by atoms with van der Waals surface area (Å²) in [6.45, 7) is 25.4. The van der Waals surface area contributed by atoms with Crippen LogP contribution in [0.3, 0.4) is 0 Å². The van der Waals surface area contributed by atoms with Crippen LogP contribution in [-0.4, -0.2) is 6.92 Å². The van der Waals surface area contributed by atoms with E-state index < -0.39 is 0 Å². The van der Waals surface area contributed by atoms with Gasteiger partial charge in [0.05, 0.1) is 0 Å². The van der Waals surface area contributed by atoms with Crippen LogP contribution in [0.4, 0.5) is 0 Å². The molecule has 0 aliphatic carbocycles. The van der Waals surface area contributed by atoms with Crippen LogP contribution in [0.5, 0.6) is 5.75 Å². The molecule has 0 amide bonds. The summed E-state index contributed by atoms with van der Waals surface area (Å²) in [5.41, 5.74) is 4.15. The molecule has 0 N–H and O–H groups in total. The van der Waals surface area contributed by atoms with Gasteiger partial charge in [-0.3, -0.25) is 0 Å². The zero-order valence-electron chi connectivity index (χ0n) is 18.7. The van der Waals surface area contributed by atoms with E-state index in [1.165, 1.54) is 16.7 Å². The van der Waals surface area contributed by atoms with Gasteiger partial charge in [0.1, 0.15) is 5.75 Å². The van der Waals surface area contributed by atoms with Crippen molar-refractivity contribution in [1.29, 1.82) is 0 Å². The highest BCUT2D eigenvalue weighted by molar-refractivity contribution is 6.52. The fraction of sp³-hybridized carbons (Fsp3) is 0.739. The van der Waals surface area contributed by atoms with Crippen LogP contribution in [0.1, 0.15) is 85.9 Å². The smallest absolute Gasteiger partial charge is 0.358 e. The lowest BCUT2D eigenvalue weighted by molar-refractivity contribution is 0.468. The van der Waals surface area contributed by atoms with E-state index in [1.54, 1.807) is 0 Å². The van der Waals surface area contributed by atoms with E-state index in [0.29, 0.717) is 11.8 Å². The predicted molar refractivity (Wildman–Crippen MR) is 114 cm³/mol. The Bertz CT molecular complexity index is 513. The highest BCUT2D eigenvalue weighted by atomic mass is 16.4. The first kappa shape index (κ1) is 22.1. The van der Waals surface area contributed by atoms with E-state index in [-0.39, 0.29) is 17.7 Å². The molecule has 1 aromatic rings. The Labute approximate surface area is 158 Å². The fourth-order valence-corrected chi connectivity index (χ4v) is 3.43. The maximum atomic E-state index is 6.81. The Kier molecular flexibility index (Phi) is 7.25. The highest BCUT2D eigenvalue weighted by Gasteiger charge is 2.30. The molecule has 0 heterocycles. The zero-order chi connectivity index (χ0) is 19.6. The van der Waals surface area contributed by atoms with Crippen LogP contribution in [0.15, 0.2) is 12.1 Å². The predicted octanol–water partition coefficient (Wildman–Crippen LogP) is 7.27. The molecule has 0 radical (unpaired) electrons. The van der Waals surface area contributed by atoms with Crippen molar-refractivity contribution in [2.75, 3.05) is 0 Å². The molecule has 142 valence electrons. The lowest BCUT2D eigenvalue weighted by Gasteiger charge is -2.33. The Morgan fingerprint density at radius 1 is 0.800 bits per heavy atom. The molecule has 0 spiro atoms. The minimum absolute atomic E-state index is 0.0710. The molecule has 1 aromatic carbocycles. The summed E-state index contributed by atoms with van der Waals surface area (Å²) in [6, 6.07) is 4.65. The van der Waals surface area contributed by atoms with Gasteiger partial charge >= 0.3 is 6.92 Å². The molecule has 0 aromatic heterocycles. The van der Waals surface area contributed by atoms with Crippen LogP contribution in [0.25, 0.3) is 0 Å². The van der Waals surface area contributed by atoms with Crippen molar-refractivity contribution in [2.24, 2.45) is 11.8 Å². The van der Waals surface area contributed by atoms with Crippen molar-refractivity contribution in [3.8, 4) is 5.75 Å². The molecular formula is C23H41BO. The van der Waals surface area contributed by atoms with E-state index in [9.17, 15) is 0 Å². The second-order valence-corrected chi connectivity index (χ2v) is 10.7. The average Bonchev–Trinajstić information content (AvgIpc) is 2.36. The largest absolute Gasteiger partial charge is 0.560 e. The van der Waals surface area contributed by atoms with E-state index in [2.05, 4.69) is 88.3 Å². The summed E-state index contributed by atoms with van der Waals surface area (Å²) >= 11 is 0. The van der Waals surface area contributed by atoms with Crippen LogP contribution < -0.4 is 4.65 Å². The molecule has 0 atom stereocenters. The SMILES string of the molecule is Cc1cc(C(C)(C)C)c(OB(CC(C)C)CC(C)C)c(C(C)(C)C)c1. The first-order valence-corrected chi connectivity index (χ1v) is 10.0. The average molecular weight is 344 g/mol.